The lowest BCUT2D eigenvalue weighted by atomic mass is 10.1. The topological polar surface area (TPSA) is 81.4 Å². The summed E-state index contributed by atoms with van der Waals surface area (Å²) in [4.78, 5) is 12.9. The number of fused-ring (bicyclic) bond motifs is 1. The first-order valence-corrected chi connectivity index (χ1v) is 8.53. The van der Waals surface area contributed by atoms with Gasteiger partial charge in [0.15, 0.2) is 5.82 Å². The predicted octanol–water partition coefficient (Wildman–Crippen LogP) is 2.29. The maximum atomic E-state index is 12.2. The Labute approximate surface area is 143 Å². The molecular weight excluding hydrogens is 326 g/mol. The number of ether oxygens (including phenoxy) is 1. The van der Waals surface area contributed by atoms with Crippen molar-refractivity contribution < 1.29 is 9.53 Å². The van der Waals surface area contributed by atoms with E-state index in [4.69, 9.17) is 4.74 Å². The highest BCUT2D eigenvalue weighted by molar-refractivity contribution is 7.18. The Morgan fingerprint density at radius 2 is 2.04 bits per heavy atom. The number of amides is 1. The molecule has 3 aromatic rings. The summed E-state index contributed by atoms with van der Waals surface area (Å²) in [7, 11) is 1.64. The summed E-state index contributed by atoms with van der Waals surface area (Å²) in [6, 6.07) is 7.80. The summed E-state index contributed by atoms with van der Waals surface area (Å²) in [5.41, 5.74) is 1.14. The minimum atomic E-state index is -0.186. The average Bonchev–Trinajstić information content (AvgIpc) is 3.15. The van der Waals surface area contributed by atoms with Crippen LogP contribution >= 0.6 is 11.3 Å². The molecule has 126 valence electrons. The molecule has 0 spiro atoms. The van der Waals surface area contributed by atoms with E-state index in [9.17, 15) is 4.79 Å². The van der Waals surface area contributed by atoms with Crippen LogP contribution in [0.5, 0.6) is 5.75 Å². The fraction of sp³-hybridized carbons (Fsp3) is 0.375. The van der Waals surface area contributed by atoms with Crippen LogP contribution < -0.4 is 10.1 Å². The molecule has 0 atom stereocenters. The van der Waals surface area contributed by atoms with Crippen LogP contribution in [0.25, 0.3) is 4.96 Å². The SMILES string of the molecule is COc1ccc(CCNC(=O)c2nn3c(C(C)C)nnc3s2)cc1. The van der Waals surface area contributed by atoms with Crippen LogP contribution in [0.15, 0.2) is 24.3 Å². The molecule has 0 aliphatic carbocycles. The maximum Gasteiger partial charge on any atom is 0.282 e. The first-order valence-electron chi connectivity index (χ1n) is 7.71. The van der Waals surface area contributed by atoms with Crippen molar-refractivity contribution in [3.8, 4) is 5.75 Å². The van der Waals surface area contributed by atoms with E-state index in [2.05, 4.69) is 20.6 Å². The number of benzene rings is 1. The number of hydrogen-bond donors (Lipinski definition) is 1. The van der Waals surface area contributed by atoms with Crippen molar-refractivity contribution in [2.24, 2.45) is 0 Å². The van der Waals surface area contributed by atoms with Crippen LogP contribution in [0, 0.1) is 0 Å². The van der Waals surface area contributed by atoms with Crippen molar-refractivity contribution in [3.63, 3.8) is 0 Å². The van der Waals surface area contributed by atoms with Gasteiger partial charge >= 0.3 is 0 Å². The van der Waals surface area contributed by atoms with Gasteiger partial charge in [0.05, 0.1) is 7.11 Å². The van der Waals surface area contributed by atoms with Gasteiger partial charge in [0.1, 0.15) is 5.75 Å². The van der Waals surface area contributed by atoms with Crippen molar-refractivity contribution in [3.05, 3.63) is 40.7 Å². The Bertz CT molecular complexity index is 838. The van der Waals surface area contributed by atoms with Gasteiger partial charge in [-0.25, -0.2) is 0 Å². The highest BCUT2D eigenvalue weighted by Gasteiger charge is 2.17. The van der Waals surface area contributed by atoms with Gasteiger partial charge in [-0.3, -0.25) is 4.79 Å². The average molecular weight is 345 g/mol. The number of aromatic nitrogens is 4. The second-order valence-electron chi connectivity index (χ2n) is 5.67. The summed E-state index contributed by atoms with van der Waals surface area (Å²) < 4.78 is 6.77. The number of methoxy groups -OCH3 is 1. The fourth-order valence-electron chi connectivity index (χ4n) is 2.27. The van der Waals surface area contributed by atoms with Gasteiger partial charge in [-0.05, 0) is 24.1 Å². The van der Waals surface area contributed by atoms with Crippen LogP contribution in [-0.4, -0.2) is 39.4 Å². The van der Waals surface area contributed by atoms with Gasteiger partial charge in [0.2, 0.25) is 9.97 Å². The summed E-state index contributed by atoms with van der Waals surface area (Å²) in [6.45, 7) is 4.58. The number of nitrogens with zero attached hydrogens (tertiary/aromatic N) is 4. The van der Waals surface area contributed by atoms with Crippen molar-refractivity contribution >= 4 is 22.2 Å². The quantitative estimate of drug-likeness (QED) is 0.741. The highest BCUT2D eigenvalue weighted by atomic mass is 32.1. The minimum absolute atomic E-state index is 0.186. The zero-order valence-corrected chi connectivity index (χ0v) is 14.6. The molecule has 3 rings (SSSR count). The Morgan fingerprint density at radius 3 is 2.71 bits per heavy atom. The molecule has 8 heteroatoms. The fourth-order valence-corrected chi connectivity index (χ4v) is 3.03. The number of carbonyl (C=O) groups excluding carboxylic acids is 1. The number of nitrogens with one attached hydrogen (secondary N) is 1. The van der Waals surface area contributed by atoms with E-state index in [-0.39, 0.29) is 11.8 Å². The zero-order valence-electron chi connectivity index (χ0n) is 13.8. The lowest BCUT2D eigenvalue weighted by Crippen LogP contribution is -2.25. The number of carbonyl (C=O) groups is 1. The molecule has 1 aromatic carbocycles. The molecule has 0 bridgehead atoms. The number of rotatable bonds is 6. The molecule has 7 nitrogen and oxygen atoms in total. The van der Waals surface area contributed by atoms with Gasteiger partial charge in [-0.2, -0.15) is 4.52 Å². The molecule has 0 radical (unpaired) electrons. The third kappa shape index (κ3) is 3.38. The second kappa shape index (κ2) is 6.96. The van der Waals surface area contributed by atoms with Crippen LogP contribution in [0.1, 0.15) is 41.0 Å². The maximum absolute atomic E-state index is 12.2. The lowest BCUT2D eigenvalue weighted by molar-refractivity contribution is 0.0952. The Kier molecular flexibility index (Phi) is 4.75. The Morgan fingerprint density at radius 1 is 1.29 bits per heavy atom. The normalized spacial score (nSPS) is 11.2. The molecule has 0 fully saturated rings. The molecule has 1 amide bonds. The molecule has 0 saturated carbocycles. The molecule has 0 aliphatic rings. The van der Waals surface area contributed by atoms with Gasteiger partial charge in [-0.1, -0.05) is 37.3 Å². The first-order chi connectivity index (χ1) is 11.6. The molecule has 2 heterocycles. The largest absolute Gasteiger partial charge is 0.497 e. The van der Waals surface area contributed by atoms with Crippen molar-refractivity contribution in [2.75, 3.05) is 13.7 Å². The molecular formula is C16H19N5O2S. The zero-order chi connectivity index (χ0) is 17.1. The standard InChI is InChI=1S/C16H19N5O2S/c1-10(2)13-18-19-16-21(13)20-15(24-16)14(22)17-9-8-11-4-6-12(23-3)7-5-11/h4-7,10H,8-9H2,1-3H3,(H,17,22). The monoisotopic (exact) mass is 345 g/mol. The van der Waals surface area contributed by atoms with E-state index in [1.54, 1.807) is 11.6 Å². The van der Waals surface area contributed by atoms with E-state index < -0.39 is 0 Å². The minimum Gasteiger partial charge on any atom is -0.497 e. The third-order valence-corrected chi connectivity index (χ3v) is 4.48. The van der Waals surface area contributed by atoms with E-state index in [0.29, 0.717) is 16.5 Å². The van der Waals surface area contributed by atoms with Gasteiger partial charge in [-0.15, -0.1) is 15.3 Å². The molecule has 1 N–H and O–H groups in total. The lowest BCUT2D eigenvalue weighted by Gasteiger charge is -2.04. The number of hydrogen-bond acceptors (Lipinski definition) is 6. The summed E-state index contributed by atoms with van der Waals surface area (Å²) in [5.74, 6) is 1.60. The van der Waals surface area contributed by atoms with Crippen LogP contribution in [-0.2, 0) is 6.42 Å². The van der Waals surface area contributed by atoms with Gasteiger partial charge in [0, 0.05) is 12.5 Å². The molecule has 0 aliphatic heterocycles. The predicted molar refractivity (Wildman–Crippen MR) is 91.8 cm³/mol. The Hall–Kier alpha value is -2.48. The molecule has 0 saturated heterocycles. The molecule has 24 heavy (non-hydrogen) atoms. The van der Waals surface area contributed by atoms with E-state index in [1.807, 2.05) is 38.1 Å². The van der Waals surface area contributed by atoms with Crippen LogP contribution in [0.3, 0.4) is 0 Å². The van der Waals surface area contributed by atoms with E-state index in [1.165, 1.54) is 11.3 Å². The van der Waals surface area contributed by atoms with Gasteiger partial charge < -0.3 is 10.1 Å². The van der Waals surface area contributed by atoms with Crippen molar-refractivity contribution in [1.82, 2.24) is 25.1 Å². The van der Waals surface area contributed by atoms with E-state index in [0.717, 1.165) is 23.6 Å². The smallest absolute Gasteiger partial charge is 0.282 e. The summed E-state index contributed by atoms with van der Waals surface area (Å²) in [5, 5.41) is 15.8. The summed E-state index contributed by atoms with van der Waals surface area (Å²) in [6.07, 6.45) is 0.747. The third-order valence-electron chi connectivity index (χ3n) is 3.58. The second-order valence-corrected chi connectivity index (χ2v) is 6.62. The van der Waals surface area contributed by atoms with Crippen molar-refractivity contribution in [1.29, 1.82) is 0 Å². The van der Waals surface area contributed by atoms with Crippen LogP contribution in [0.2, 0.25) is 0 Å². The van der Waals surface area contributed by atoms with Crippen LogP contribution in [0.4, 0.5) is 0 Å². The molecule has 2 aromatic heterocycles. The van der Waals surface area contributed by atoms with Gasteiger partial charge in [0.25, 0.3) is 5.91 Å². The molecule has 0 unspecified atom stereocenters. The Balaban J connectivity index is 1.60. The first kappa shape index (κ1) is 16.4. The van der Waals surface area contributed by atoms with Crippen molar-refractivity contribution in [2.45, 2.75) is 26.2 Å². The highest BCUT2D eigenvalue weighted by Crippen LogP contribution is 2.18. The summed E-state index contributed by atoms with van der Waals surface area (Å²) >= 11 is 1.24. The van der Waals surface area contributed by atoms with E-state index >= 15 is 0 Å².